The number of hydrogen-bond acceptors (Lipinski definition) is 6. The molecule has 0 aliphatic rings. The summed E-state index contributed by atoms with van der Waals surface area (Å²) in [4.78, 5) is 21.1. The second-order valence-corrected chi connectivity index (χ2v) is 6.15. The maximum atomic E-state index is 12.7. The third kappa shape index (κ3) is 2.54. The molecule has 0 saturated carbocycles. The first-order valence-corrected chi connectivity index (χ1v) is 8.05. The van der Waals surface area contributed by atoms with E-state index in [0.717, 1.165) is 17.0 Å². The van der Waals surface area contributed by atoms with Gasteiger partial charge in [0.25, 0.3) is 5.91 Å². The van der Waals surface area contributed by atoms with Gasteiger partial charge in [-0.05, 0) is 19.1 Å². The predicted octanol–water partition coefficient (Wildman–Crippen LogP) is 2.15. The quantitative estimate of drug-likeness (QED) is 0.618. The minimum absolute atomic E-state index is 0.278. The lowest BCUT2D eigenvalue weighted by molar-refractivity contribution is 0.102. The van der Waals surface area contributed by atoms with E-state index in [1.807, 2.05) is 31.6 Å². The van der Waals surface area contributed by atoms with E-state index in [9.17, 15) is 4.79 Å². The maximum absolute atomic E-state index is 12.7. The van der Waals surface area contributed by atoms with Gasteiger partial charge in [0.2, 0.25) is 0 Å². The van der Waals surface area contributed by atoms with E-state index in [4.69, 9.17) is 0 Å². The van der Waals surface area contributed by atoms with Crippen LogP contribution in [0.3, 0.4) is 0 Å². The van der Waals surface area contributed by atoms with Crippen molar-refractivity contribution in [1.29, 1.82) is 0 Å². The maximum Gasteiger partial charge on any atom is 0.261 e. The first-order valence-electron chi connectivity index (χ1n) is 7.17. The fraction of sp³-hybridized carbons (Fsp3) is 0.133. The third-order valence-electron chi connectivity index (χ3n) is 3.47. The molecule has 0 fully saturated rings. The highest BCUT2D eigenvalue weighted by atomic mass is 32.1. The number of amides is 1. The number of carbonyl (C=O) groups excluding carboxylic acids is 1. The van der Waals surface area contributed by atoms with E-state index in [1.54, 1.807) is 21.5 Å². The number of fused-ring (bicyclic) bond motifs is 1. The Kier molecular flexibility index (Phi) is 3.35. The Morgan fingerprint density at radius 1 is 1.38 bits per heavy atom. The van der Waals surface area contributed by atoms with Gasteiger partial charge in [0, 0.05) is 30.4 Å². The Labute approximate surface area is 140 Å². The molecular weight excluding hydrogens is 326 g/mol. The normalized spacial score (nSPS) is 11.1. The highest BCUT2D eigenvalue weighted by molar-refractivity contribution is 7.13. The summed E-state index contributed by atoms with van der Waals surface area (Å²) < 4.78 is 3.28. The molecule has 8 nitrogen and oxygen atoms in total. The smallest absolute Gasteiger partial charge is 0.261 e. The van der Waals surface area contributed by atoms with E-state index in [-0.39, 0.29) is 5.91 Å². The molecule has 0 aromatic carbocycles. The summed E-state index contributed by atoms with van der Waals surface area (Å²) in [5.41, 5.74) is 3.32. The Bertz CT molecular complexity index is 1050. The summed E-state index contributed by atoms with van der Waals surface area (Å²) in [6, 6.07) is 3.64. The molecule has 0 bridgehead atoms. The summed E-state index contributed by atoms with van der Waals surface area (Å²) in [6.07, 6.45) is 5.07. The second kappa shape index (κ2) is 5.53. The molecule has 0 aliphatic heterocycles. The van der Waals surface area contributed by atoms with Crippen LogP contribution >= 0.6 is 11.3 Å². The van der Waals surface area contributed by atoms with Gasteiger partial charge in [0.05, 0.1) is 17.0 Å². The highest BCUT2D eigenvalue weighted by Crippen LogP contribution is 2.22. The van der Waals surface area contributed by atoms with Crippen molar-refractivity contribution in [2.24, 2.45) is 7.05 Å². The van der Waals surface area contributed by atoms with Gasteiger partial charge in [-0.2, -0.15) is 10.2 Å². The summed E-state index contributed by atoms with van der Waals surface area (Å²) in [7, 11) is 1.84. The number of nitrogens with one attached hydrogen (secondary N) is 1. The lowest BCUT2D eigenvalue weighted by Crippen LogP contribution is -2.14. The number of anilines is 1. The number of aromatic nitrogens is 6. The summed E-state index contributed by atoms with van der Waals surface area (Å²) >= 11 is 1.38. The van der Waals surface area contributed by atoms with Gasteiger partial charge in [-0.3, -0.25) is 14.8 Å². The largest absolute Gasteiger partial charge is 0.298 e. The lowest BCUT2D eigenvalue weighted by atomic mass is 10.1. The van der Waals surface area contributed by atoms with Crippen LogP contribution in [0.15, 0.2) is 36.2 Å². The van der Waals surface area contributed by atoms with Gasteiger partial charge in [0.1, 0.15) is 6.33 Å². The second-order valence-electron chi connectivity index (χ2n) is 5.29. The van der Waals surface area contributed by atoms with Gasteiger partial charge in [0.15, 0.2) is 10.8 Å². The molecule has 120 valence electrons. The van der Waals surface area contributed by atoms with Crippen LogP contribution < -0.4 is 5.32 Å². The number of thiazole rings is 1. The number of carbonyl (C=O) groups is 1. The minimum atomic E-state index is -0.278. The number of rotatable bonds is 3. The predicted molar refractivity (Wildman–Crippen MR) is 90.0 cm³/mol. The van der Waals surface area contributed by atoms with Crippen molar-refractivity contribution in [2.45, 2.75) is 6.92 Å². The van der Waals surface area contributed by atoms with Crippen molar-refractivity contribution in [1.82, 2.24) is 29.4 Å². The van der Waals surface area contributed by atoms with Gasteiger partial charge in [-0.15, -0.1) is 11.3 Å². The number of hydrogen-bond donors (Lipinski definition) is 1. The lowest BCUT2D eigenvalue weighted by Gasteiger charge is -2.06. The zero-order valence-corrected chi connectivity index (χ0v) is 13.8. The van der Waals surface area contributed by atoms with Crippen molar-refractivity contribution in [3.05, 3.63) is 47.5 Å². The van der Waals surface area contributed by atoms with Crippen molar-refractivity contribution < 1.29 is 4.79 Å². The Morgan fingerprint density at radius 2 is 2.25 bits per heavy atom. The summed E-state index contributed by atoms with van der Waals surface area (Å²) in [5.74, 6) is -0.278. The van der Waals surface area contributed by atoms with Crippen LogP contribution in [-0.4, -0.2) is 35.3 Å². The fourth-order valence-corrected chi connectivity index (χ4v) is 3.06. The molecule has 0 saturated heterocycles. The van der Waals surface area contributed by atoms with Crippen LogP contribution in [0.1, 0.15) is 16.1 Å². The van der Waals surface area contributed by atoms with Crippen LogP contribution in [0.2, 0.25) is 0 Å². The zero-order valence-electron chi connectivity index (χ0n) is 13.0. The van der Waals surface area contributed by atoms with E-state index >= 15 is 0 Å². The first kappa shape index (κ1) is 14.5. The van der Waals surface area contributed by atoms with E-state index < -0.39 is 0 Å². The molecular formula is C15H13N7OS. The molecule has 1 N–H and O–H groups in total. The molecule has 24 heavy (non-hydrogen) atoms. The summed E-state index contributed by atoms with van der Waals surface area (Å²) in [6.45, 7) is 1.88. The SMILES string of the molecule is Cc1csc(NC(=O)c2cc(-c3ccn(C)n3)cn3ncnc23)n1. The van der Waals surface area contributed by atoms with Gasteiger partial charge < -0.3 is 0 Å². The highest BCUT2D eigenvalue weighted by Gasteiger charge is 2.17. The minimum Gasteiger partial charge on any atom is -0.298 e. The Morgan fingerprint density at radius 3 is 2.96 bits per heavy atom. The first-order chi connectivity index (χ1) is 11.6. The zero-order chi connectivity index (χ0) is 16.7. The third-order valence-corrected chi connectivity index (χ3v) is 4.34. The molecule has 9 heteroatoms. The molecule has 0 atom stereocenters. The van der Waals surface area contributed by atoms with Crippen molar-refractivity contribution in [3.8, 4) is 11.3 Å². The average Bonchev–Trinajstić information content (AvgIpc) is 3.27. The molecule has 0 radical (unpaired) electrons. The Balaban J connectivity index is 1.78. The Hall–Kier alpha value is -3.07. The van der Waals surface area contributed by atoms with Crippen LogP contribution in [0, 0.1) is 6.92 Å². The molecule has 0 aliphatic carbocycles. The van der Waals surface area contributed by atoms with Crippen LogP contribution in [0.5, 0.6) is 0 Å². The molecule has 0 spiro atoms. The number of aryl methyl sites for hydroxylation is 2. The van der Waals surface area contributed by atoms with E-state index in [1.165, 1.54) is 17.7 Å². The van der Waals surface area contributed by atoms with Crippen LogP contribution in [-0.2, 0) is 7.05 Å². The monoisotopic (exact) mass is 339 g/mol. The van der Waals surface area contributed by atoms with Gasteiger partial charge in [-0.25, -0.2) is 14.5 Å². The standard InChI is InChI=1S/C15H13N7OS/c1-9-7-24-15(18-9)19-14(23)11-5-10(12-3-4-21(2)20-12)6-22-13(11)16-8-17-22/h3-8H,1-2H3,(H,18,19,23). The van der Waals surface area contributed by atoms with Gasteiger partial charge >= 0.3 is 0 Å². The van der Waals surface area contributed by atoms with Crippen LogP contribution in [0.4, 0.5) is 5.13 Å². The van der Waals surface area contributed by atoms with Crippen molar-refractivity contribution in [2.75, 3.05) is 5.32 Å². The number of pyridine rings is 1. The fourth-order valence-electron chi connectivity index (χ4n) is 2.38. The molecule has 4 heterocycles. The number of nitrogens with zero attached hydrogens (tertiary/aromatic N) is 6. The van der Waals surface area contributed by atoms with Crippen molar-refractivity contribution in [3.63, 3.8) is 0 Å². The molecule has 4 aromatic rings. The van der Waals surface area contributed by atoms with E-state index in [0.29, 0.717) is 16.3 Å². The molecule has 1 amide bonds. The van der Waals surface area contributed by atoms with Crippen molar-refractivity contribution >= 4 is 28.0 Å². The molecule has 4 aromatic heterocycles. The van der Waals surface area contributed by atoms with Crippen LogP contribution in [0.25, 0.3) is 16.9 Å². The topological polar surface area (TPSA) is 90.0 Å². The van der Waals surface area contributed by atoms with Gasteiger partial charge in [-0.1, -0.05) is 0 Å². The molecule has 0 unspecified atom stereocenters. The summed E-state index contributed by atoms with van der Waals surface area (Å²) in [5, 5.41) is 13.8. The molecule has 4 rings (SSSR count). The van der Waals surface area contributed by atoms with E-state index in [2.05, 4.69) is 25.5 Å². The average molecular weight is 339 g/mol.